The van der Waals surface area contributed by atoms with E-state index in [9.17, 15) is 4.39 Å². The summed E-state index contributed by atoms with van der Waals surface area (Å²) in [5.74, 6) is -0.294. The van der Waals surface area contributed by atoms with Gasteiger partial charge in [-0.2, -0.15) is 4.98 Å². The molecule has 0 saturated carbocycles. The number of hydrogen-bond acceptors (Lipinski definition) is 3. The van der Waals surface area contributed by atoms with Crippen LogP contribution in [0.3, 0.4) is 0 Å². The second-order valence-corrected chi connectivity index (χ2v) is 3.35. The van der Waals surface area contributed by atoms with Gasteiger partial charge in [-0.3, -0.25) is 0 Å². The topological polar surface area (TPSA) is 38.9 Å². The monoisotopic (exact) mass is 214 g/mol. The van der Waals surface area contributed by atoms with Crippen LogP contribution in [0.1, 0.15) is 0 Å². The summed E-state index contributed by atoms with van der Waals surface area (Å²) in [7, 11) is 0. The van der Waals surface area contributed by atoms with Gasteiger partial charge in [0.2, 0.25) is 0 Å². The predicted octanol–water partition coefficient (Wildman–Crippen LogP) is 3.03. The van der Waals surface area contributed by atoms with Gasteiger partial charge in [-0.1, -0.05) is 12.1 Å². The van der Waals surface area contributed by atoms with Gasteiger partial charge in [0, 0.05) is 5.56 Å². The molecule has 0 aliphatic rings. The van der Waals surface area contributed by atoms with Crippen molar-refractivity contribution in [3.63, 3.8) is 0 Å². The molecule has 78 valence electrons. The van der Waals surface area contributed by atoms with Gasteiger partial charge in [0.05, 0.1) is 5.69 Å². The second-order valence-electron chi connectivity index (χ2n) is 3.35. The Balaban J connectivity index is 2.22. The first-order valence-corrected chi connectivity index (χ1v) is 4.80. The minimum Gasteiger partial charge on any atom is -0.442 e. The van der Waals surface area contributed by atoms with Crippen LogP contribution in [0.15, 0.2) is 47.2 Å². The van der Waals surface area contributed by atoms with E-state index in [2.05, 4.69) is 9.97 Å². The minimum atomic E-state index is -0.294. The van der Waals surface area contributed by atoms with E-state index in [1.54, 1.807) is 30.3 Å². The fraction of sp³-hybridized carbons (Fsp3) is 0. The largest absolute Gasteiger partial charge is 0.442 e. The third kappa shape index (κ3) is 1.35. The predicted molar refractivity (Wildman–Crippen MR) is 57.2 cm³/mol. The molecular weight excluding hydrogens is 207 g/mol. The van der Waals surface area contributed by atoms with Crippen LogP contribution in [0.4, 0.5) is 4.39 Å². The molecule has 0 N–H and O–H groups in total. The number of benzene rings is 1. The molecule has 0 bridgehead atoms. The fourth-order valence-electron chi connectivity index (χ4n) is 1.57. The minimum absolute atomic E-state index is 0.294. The summed E-state index contributed by atoms with van der Waals surface area (Å²) in [5.41, 5.74) is 2.10. The van der Waals surface area contributed by atoms with Crippen LogP contribution in [0.2, 0.25) is 0 Å². The van der Waals surface area contributed by atoms with Crippen molar-refractivity contribution in [3.05, 3.63) is 48.6 Å². The van der Waals surface area contributed by atoms with Crippen molar-refractivity contribution in [2.75, 3.05) is 0 Å². The molecule has 2 heterocycles. The number of hydrogen-bond donors (Lipinski definition) is 0. The maximum absolute atomic E-state index is 13.5. The van der Waals surface area contributed by atoms with Crippen LogP contribution in [-0.2, 0) is 0 Å². The number of fused-ring (bicyclic) bond motifs is 1. The van der Waals surface area contributed by atoms with E-state index in [-0.39, 0.29) is 5.82 Å². The zero-order valence-electron chi connectivity index (χ0n) is 8.22. The molecule has 16 heavy (non-hydrogen) atoms. The highest BCUT2D eigenvalue weighted by atomic mass is 19.1. The molecule has 2 aromatic heterocycles. The van der Waals surface area contributed by atoms with Gasteiger partial charge in [0.15, 0.2) is 17.6 Å². The van der Waals surface area contributed by atoms with E-state index in [1.807, 2.05) is 0 Å². The SMILES string of the molecule is Fc1ccccc1-c1ccc2ocnc2n1. The number of halogens is 1. The zero-order valence-corrected chi connectivity index (χ0v) is 8.22. The van der Waals surface area contributed by atoms with Gasteiger partial charge in [-0.05, 0) is 24.3 Å². The van der Waals surface area contributed by atoms with Crippen molar-refractivity contribution in [1.82, 2.24) is 9.97 Å². The Morgan fingerprint density at radius 2 is 1.94 bits per heavy atom. The normalized spacial score (nSPS) is 10.8. The molecule has 4 heteroatoms. The Hall–Kier alpha value is -2.23. The third-order valence-electron chi connectivity index (χ3n) is 2.34. The van der Waals surface area contributed by atoms with E-state index in [4.69, 9.17) is 4.42 Å². The number of rotatable bonds is 1. The molecule has 0 radical (unpaired) electrons. The highest BCUT2D eigenvalue weighted by Gasteiger charge is 2.07. The molecule has 3 rings (SSSR count). The molecule has 0 atom stereocenters. The molecule has 0 aliphatic heterocycles. The van der Waals surface area contributed by atoms with E-state index >= 15 is 0 Å². The lowest BCUT2D eigenvalue weighted by molar-refractivity contribution is 0.602. The first kappa shape index (κ1) is 9.03. The molecule has 0 saturated heterocycles. The number of pyridine rings is 1. The second kappa shape index (κ2) is 3.41. The number of oxazole rings is 1. The van der Waals surface area contributed by atoms with Crippen molar-refractivity contribution in [1.29, 1.82) is 0 Å². The van der Waals surface area contributed by atoms with Gasteiger partial charge >= 0.3 is 0 Å². The summed E-state index contributed by atoms with van der Waals surface area (Å²) >= 11 is 0. The zero-order chi connectivity index (χ0) is 11.0. The standard InChI is InChI=1S/C12H7FN2O/c13-9-4-2-1-3-8(9)10-5-6-11-12(15-10)14-7-16-11/h1-7H. The quantitative estimate of drug-likeness (QED) is 0.625. The van der Waals surface area contributed by atoms with Gasteiger partial charge in [-0.15, -0.1) is 0 Å². The summed E-state index contributed by atoms with van der Waals surface area (Å²) in [6, 6.07) is 9.96. The lowest BCUT2D eigenvalue weighted by Crippen LogP contribution is -1.87. The molecule has 1 aromatic carbocycles. The van der Waals surface area contributed by atoms with Crippen LogP contribution >= 0.6 is 0 Å². The van der Waals surface area contributed by atoms with Crippen LogP contribution < -0.4 is 0 Å². The summed E-state index contributed by atoms with van der Waals surface area (Å²) in [5, 5.41) is 0. The lowest BCUT2D eigenvalue weighted by atomic mass is 10.1. The average Bonchev–Trinajstić information content (AvgIpc) is 2.76. The third-order valence-corrected chi connectivity index (χ3v) is 2.34. The van der Waals surface area contributed by atoms with Gasteiger partial charge < -0.3 is 4.42 Å². The maximum atomic E-state index is 13.5. The van der Waals surface area contributed by atoms with Crippen molar-refractivity contribution in [3.8, 4) is 11.3 Å². The van der Waals surface area contributed by atoms with Gasteiger partial charge in [0.1, 0.15) is 5.82 Å². The summed E-state index contributed by atoms with van der Waals surface area (Å²) in [6.07, 6.45) is 1.32. The molecule has 0 spiro atoms. The maximum Gasteiger partial charge on any atom is 0.199 e. The van der Waals surface area contributed by atoms with E-state index in [1.165, 1.54) is 12.5 Å². The molecule has 3 nitrogen and oxygen atoms in total. The lowest BCUT2D eigenvalue weighted by Gasteiger charge is -2.01. The van der Waals surface area contributed by atoms with Crippen molar-refractivity contribution >= 4 is 11.2 Å². The van der Waals surface area contributed by atoms with Gasteiger partial charge in [0.25, 0.3) is 0 Å². The summed E-state index contributed by atoms with van der Waals surface area (Å²) in [4.78, 5) is 8.16. The first-order chi connectivity index (χ1) is 7.84. The average molecular weight is 214 g/mol. The van der Waals surface area contributed by atoms with E-state index < -0.39 is 0 Å². The Morgan fingerprint density at radius 1 is 1.06 bits per heavy atom. The Kier molecular flexibility index (Phi) is 1.93. The molecule has 0 unspecified atom stereocenters. The van der Waals surface area contributed by atoms with Gasteiger partial charge in [-0.25, -0.2) is 9.37 Å². The highest BCUT2D eigenvalue weighted by Crippen LogP contribution is 2.22. The van der Waals surface area contributed by atoms with Crippen molar-refractivity contribution in [2.24, 2.45) is 0 Å². The molecule has 3 aromatic rings. The summed E-state index contributed by atoms with van der Waals surface area (Å²) < 4.78 is 18.6. The van der Waals surface area contributed by atoms with Crippen LogP contribution in [0.5, 0.6) is 0 Å². The number of aromatic nitrogens is 2. The van der Waals surface area contributed by atoms with E-state index in [0.717, 1.165) is 0 Å². The van der Waals surface area contributed by atoms with Crippen LogP contribution in [0, 0.1) is 5.82 Å². The van der Waals surface area contributed by atoms with Crippen molar-refractivity contribution in [2.45, 2.75) is 0 Å². The first-order valence-electron chi connectivity index (χ1n) is 4.80. The van der Waals surface area contributed by atoms with Crippen molar-refractivity contribution < 1.29 is 8.81 Å². The summed E-state index contributed by atoms with van der Waals surface area (Å²) in [6.45, 7) is 0. The number of nitrogens with zero attached hydrogens (tertiary/aromatic N) is 2. The smallest absolute Gasteiger partial charge is 0.199 e. The Morgan fingerprint density at radius 3 is 2.81 bits per heavy atom. The molecular formula is C12H7FN2O. The highest BCUT2D eigenvalue weighted by molar-refractivity contribution is 5.73. The Labute approximate surface area is 90.6 Å². The molecule has 0 fully saturated rings. The molecule has 0 amide bonds. The molecule has 0 aliphatic carbocycles. The fourth-order valence-corrected chi connectivity index (χ4v) is 1.57. The Bertz CT molecular complexity index is 648. The van der Waals surface area contributed by atoms with Crippen LogP contribution in [0.25, 0.3) is 22.5 Å². The van der Waals surface area contributed by atoms with E-state index in [0.29, 0.717) is 22.5 Å². The van der Waals surface area contributed by atoms with Crippen LogP contribution in [-0.4, -0.2) is 9.97 Å².